The third-order valence-corrected chi connectivity index (χ3v) is 3.78. The predicted molar refractivity (Wildman–Crippen MR) is 96.6 cm³/mol. The molecule has 0 aliphatic carbocycles. The van der Waals surface area contributed by atoms with Crippen molar-refractivity contribution in [3.05, 3.63) is 89.6 Å². The van der Waals surface area contributed by atoms with Gasteiger partial charge in [0.15, 0.2) is 0 Å². The lowest BCUT2D eigenvalue weighted by Gasteiger charge is -2.10. The van der Waals surface area contributed by atoms with Crippen molar-refractivity contribution in [1.29, 1.82) is 0 Å². The first kappa shape index (κ1) is 18.4. The smallest absolute Gasteiger partial charge is 0.348 e. The van der Waals surface area contributed by atoms with Crippen molar-refractivity contribution in [2.24, 2.45) is 0 Å². The molecule has 0 radical (unpaired) electrons. The summed E-state index contributed by atoms with van der Waals surface area (Å²) in [6, 6.07) is 17.4. The van der Waals surface area contributed by atoms with Crippen LogP contribution in [0.2, 0.25) is 0 Å². The van der Waals surface area contributed by atoms with Gasteiger partial charge in [-0.25, -0.2) is 4.98 Å². The minimum Gasteiger partial charge on any atom is -0.348 e. The van der Waals surface area contributed by atoms with Crippen LogP contribution in [-0.4, -0.2) is 10.9 Å². The lowest BCUT2D eigenvalue weighted by Crippen LogP contribution is -2.22. The Hall–Kier alpha value is -3.35. The van der Waals surface area contributed by atoms with Crippen molar-refractivity contribution in [2.75, 3.05) is 5.32 Å². The topological polar surface area (TPSA) is 54.0 Å². The van der Waals surface area contributed by atoms with Crippen LogP contribution in [0.4, 0.5) is 24.7 Å². The minimum absolute atomic E-state index is 0.263. The number of aromatic nitrogens is 1. The zero-order valence-electron chi connectivity index (χ0n) is 14.1. The molecule has 138 valence electrons. The van der Waals surface area contributed by atoms with E-state index in [1.165, 1.54) is 24.4 Å². The maximum atomic E-state index is 12.8. The Kier molecular flexibility index (Phi) is 5.40. The van der Waals surface area contributed by atoms with Gasteiger partial charge < -0.3 is 10.6 Å². The van der Waals surface area contributed by atoms with Gasteiger partial charge in [0.25, 0.3) is 5.91 Å². The van der Waals surface area contributed by atoms with Crippen LogP contribution in [0.15, 0.2) is 72.9 Å². The molecule has 1 heterocycles. The summed E-state index contributed by atoms with van der Waals surface area (Å²) in [5.74, 6) is 0.0610. The zero-order chi connectivity index (χ0) is 19.3. The number of hydrogen-bond donors (Lipinski definition) is 2. The van der Waals surface area contributed by atoms with Crippen molar-refractivity contribution < 1.29 is 18.0 Å². The van der Waals surface area contributed by atoms with Crippen LogP contribution in [0.3, 0.4) is 0 Å². The van der Waals surface area contributed by atoms with Crippen molar-refractivity contribution >= 4 is 17.4 Å². The standard InChI is InChI=1S/C20H16F3N3O/c21-20(22,23)16-7-4-8-17(11-16)26-18-10-9-15(13-24-18)19(27)25-12-14-5-2-1-3-6-14/h1-11,13H,12H2,(H,24,26)(H,25,27). The van der Waals surface area contributed by atoms with E-state index >= 15 is 0 Å². The number of alkyl halides is 3. The quantitative estimate of drug-likeness (QED) is 0.679. The van der Waals surface area contributed by atoms with E-state index < -0.39 is 11.7 Å². The average molecular weight is 371 g/mol. The summed E-state index contributed by atoms with van der Waals surface area (Å²) in [5, 5.41) is 5.58. The second-order valence-corrected chi connectivity index (χ2v) is 5.80. The van der Waals surface area contributed by atoms with Crippen LogP contribution in [0.1, 0.15) is 21.5 Å². The number of nitrogens with zero attached hydrogens (tertiary/aromatic N) is 1. The van der Waals surface area contributed by atoms with Gasteiger partial charge >= 0.3 is 6.18 Å². The van der Waals surface area contributed by atoms with Crippen LogP contribution >= 0.6 is 0 Å². The maximum Gasteiger partial charge on any atom is 0.416 e. The molecule has 0 fully saturated rings. The van der Waals surface area contributed by atoms with E-state index in [0.717, 1.165) is 17.7 Å². The van der Waals surface area contributed by atoms with Gasteiger partial charge in [-0.2, -0.15) is 13.2 Å². The van der Waals surface area contributed by atoms with E-state index in [1.807, 2.05) is 30.3 Å². The second kappa shape index (κ2) is 7.90. The molecule has 4 nitrogen and oxygen atoms in total. The van der Waals surface area contributed by atoms with E-state index in [0.29, 0.717) is 17.9 Å². The Labute approximate surface area is 154 Å². The van der Waals surface area contributed by atoms with E-state index in [9.17, 15) is 18.0 Å². The number of rotatable bonds is 5. The van der Waals surface area contributed by atoms with Crippen molar-refractivity contribution in [2.45, 2.75) is 12.7 Å². The fourth-order valence-corrected chi connectivity index (χ4v) is 2.40. The number of carbonyl (C=O) groups excluding carboxylic acids is 1. The second-order valence-electron chi connectivity index (χ2n) is 5.80. The lowest BCUT2D eigenvalue weighted by molar-refractivity contribution is -0.137. The summed E-state index contributed by atoms with van der Waals surface area (Å²) in [6.07, 6.45) is -3.04. The molecular formula is C20H16F3N3O. The number of halogens is 3. The van der Waals surface area contributed by atoms with Crippen LogP contribution in [0.25, 0.3) is 0 Å². The zero-order valence-corrected chi connectivity index (χ0v) is 14.1. The summed E-state index contributed by atoms with van der Waals surface area (Å²) in [7, 11) is 0. The maximum absolute atomic E-state index is 12.8. The van der Waals surface area contributed by atoms with Gasteiger partial charge in [-0.1, -0.05) is 36.4 Å². The largest absolute Gasteiger partial charge is 0.416 e. The van der Waals surface area contributed by atoms with Gasteiger partial charge in [0.1, 0.15) is 5.82 Å². The van der Waals surface area contributed by atoms with Gasteiger partial charge in [0.2, 0.25) is 0 Å². The molecule has 2 N–H and O–H groups in total. The molecule has 0 atom stereocenters. The Morgan fingerprint density at radius 3 is 2.41 bits per heavy atom. The van der Waals surface area contributed by atoms with Crippen LogP contribution in [0, 0.1) is 0 Å². The molecule has 2 aromatic carbocycles. The Balaban J connectivity index is 1.62. The molecule has 3 rings (SSSR count). The molecule has 3 aromatic rings. The predicted octanol–water partition coefficient (Wildman–Crippen LogP) is 4.77. The Morgan fingerprint density at radius 1 is 0.963 bits per heavy atom. The third-order valence-electron chi connectivity index (χ3n) is 3.78. The summed E-state index contributed by atoms with van der Waals surface area (Å²) < 4.78 is 38.3. The first-order valence-electron chi connectivity index (χ1n) is 8.14. The molecule has 0 unspecified atom stereocenters. The summed E-state index contributed by atoms with van der Waals surface area (Å²) in [4.78, 5) is 16.2. The average Bonchev–Trinajstić information content (AvgIpc) is 2.67. The van der Waals surface area contributed by atoms with E-state index in [4.69, 9.17) is 0 Å². The van der Waals surface area contributed by atoms with Gasteiger partial charge in [0.05, 0.1) is 11.1 Å². The molecule has 0 aliphatic rings. The number of carbonyl (C=O) groups is 1. The first-order chi connectivity index (χ1) is 12.9. The fourth-order valence-electron chi connectivity index (χ4n) is 2.40. The van der Waals surface area contributed by atoms with Crippen molar-refractivity contribution in [3.8, 4) is 0 Å². The molecule has 0 saturated carbocycles. The molecule has 7 heteroatoms. The minimum atomic E-state index is -4.41. The van der Waals surface area contributed by atoms with Crippen molar-refractivity contribution in [1.82, 2.24) is 10.3 Å². The number of benzene rings is 2. The number of hydrogen-bond acceptors (Lipinski definition) is 3. The van der Waals surface area contributed by atoms with Gasteiger partial charge in [0, 0.05) is 18.4 Å². The van der Waals surface area contributed by atoms with E-state index in [1.54, 1.807) is 6.07 Å². The SMILES string of the molecule is O=C(NCc1ccccc1)c1ccc(Nc2cccc(C(F)(F)F)c2)nc1. The van der Waals surface area contributed by atoms with Crippen LogP contribution < -0.4 is 10.6 Å². The van der Waals surface area contributed by atoms with Crippen LogP contribution in [0.5, 0.6) is 0 Å². The van der Waals surface area contributed by atoms with Gasteiger partial charge in [-0.3, -0.25) is 4.79 Å². The van der Waals surface area contributed by atoms with Crippen LogP contribution in [-0.2, 0) is 12.7 Å². The highest BCUT2D eigenvalue weighted by molar-refractivity contribution is 5.94. The summed E-state index contributed by atoms with van der Waals surface area (Å²) in [6.45, 7) is 0.393. The number of nitrogens with one attached hydrogen (secondary N) is 2. The Bertz CT molecular complexity index is 910. The van der Waals surface area contributed by atoms with Crippen molar-refractivity contribution in [3.63, 3.8) is 0 Å². The highest BCUT2D eigenvalue weighted by Crippen LogP contribution is 2.31. The number of pyridine rings is 1. The molecule has 1 aromatic heterocycles. The first-order valence-corrected chi connectivity index (χ1v) is 8.14. The highest BCUT2D eigenvalue weighted by Gasteiger charge is 2.30. The number of anilines is 2. The molecule has 0 bridgehead atoms. The third kappa shape index (κ3) is 5.07. The van der Waals surface area contributed by atoms with Gasteiger partial charge in [-0.05, 0) is 35.9 Å². The van der Waals surface area contributed by atoms with E-state index in [2.05, 4.69) is 15.6 Å². The van der Waals surface area contributed by atoms with E-state index in [-0.39, 0.29) is 11.6 Å². The lowest BCUT2D eigenvalue weighted by atomic mass is 10.2. The number of amides is 1. The highest BCUT2D eigenvalue weighted by atomic mass is 19.4. The molecular weight excluding hydrogens is 355 g/mol. The molecule has 0 aliphatic heterocycles. The summed E-state index contributed by atoms with van der Waals surface area (Å²) >= 11 is 0. The Morgan fingerprint density at radius 2 is 1.74 bits per heavy atom. The molecule has 0 spiro atoms. The molecule has 27 heavy (non-hydrogen) atoms. The normalized spacial score (nSPS) is 11.1. The molecule has 0 saturated heterocycles. The summed E-state index contributed by atoms with van der Waals surface area (Å²) in [5.41, 5.74) is 0.852. The monoisotopic (exact) mass is 371 g/mol. The van der Waals surface area contributed by atoms with Gasteiger partial charge in [-0.15, -0.1) is 0 Å². The fraction of sp³-hybridized carbons (Fsp3) is 0.100. The molecule has 1 amide bonds.